The van der Waals surface area contributed by atoms with Crippen molar-refractivity contribution in [2.24, 2.45) is 0 Å². The largest absolute Gasteiger partial charge is 0.298 e. The summed E-state index contributed by atoms with van der Waals surface area (Å²) >= 11 is 16.5. The van der Waals surface area contributed by atoms with Crippen molar-refractivity contribution in [2.45, 2.75) is 0 Å². The van der Waals surface area contributed by atoms with E-state index in [1.165, 1.54) is 0 Å². The van der Waals surface area contributed by atoms with Crippen molar-refractivity contribution in [3.05, 3.63) is 32.5 Å². The van der Waals surface area contributed by atoms with Gasteiger partial charge in [0.2, 0.25) is 0 Å². The van der Waals surface area contributed by atoms with E-state index >= 15 is 0 Å². The molecule has 0 aromatic heterocycles. The third kappa shape index (κ3) is 1.56. The fourth-order valence-electron chi connectivity index (χ4n) is 0.688. The lowest BCUT2D eigenvalue weighted by Gasteiger charge is -2.02. The van der Waals surface area contributed by atoms with Crippen molar-refractivity contribution in [2.75, 3.05) is 0 Å². The molecule has 0 heterocycles. The van der Waals surface area contributed by atoms with Crippen LogP contribution >= 0.6 is 34.8 Å². The number of hydrogen-bond donors (Lipinski definition) is 0. The summed E-state index contributed by atoms with van der Waals surface area (Å²) in [5, 5.41) is -0.178. The van der Waals surface area contributed by atoms with Crippen LogP contribution in [0.3, 0.4) is 0 Å². The van der Waals surface area contributed by atoms with E-state index in [1.54, 1.807) is 0 Å². The van der Waals surface area contributed by atoms with Crippen molar-refractivity contribution in [1.29, 1.82) is 0 Å². The molecule has 0 saturated heterocycles. The maximum absolute atomic E-state index is 12.8. The number of carbonyl (C=O) groups excluding carboxylic acids is 1. The fraction of sp³-hybridized carbons (Fsp3) is 0. The van der Waals surface area contributed by atoms with Crippen LogP contribution in [0.25, 0.3) is 0 Å². The Balaban J connectivity index is 3.51. The number of hydrogen-bond acceptors (Lipinski definition) is 1. The highest BCUT2D eigenvalue weighted by atomic mass is 35.5. The number of carbonyl (C=O) groups is 1. The van der Waals surface area contributed by atoms with Crippen molar-refractivity contribution in [3.8, 4) is 0 Å². The summed E-state index contributed by atoms with van der Waals surface area (Å²) < 4.78 is 12.8. The van der Waals surface area contributed by atoms with E-state index in [0.717, 1.165) is 6.07 Å². The Morgan fingerprint density at radius 2 is 1.83 bits per heavy atom. The third-order valence-electron chi connectivity index (χ3n) is 1.27. The average molecular weight is 227 g/mol. The smallest absolute Gasteiger partial charge is 0.154 e. The molecule has 0 spiro atoms. The number of halogens is 4. The molecule has 0 atom stereocenters. The quantitative estimate of drug-likeness (QED) is 0.407. The minimum absolute atomic E-state index is 0.00948. The molecular weight excluding hydrogens is 225 g/mol. The van der Waals surface area contributed by atoms with Crippen LogP contribution in [0.1, 0.15) is 10.4 Å². The first kappa shape index (κ1) is 9.78. The molecule has 5 heteroatoms. The second-order valence-electron chi connectivity index (χ2n) is 2.00. The standard InChI is InChI=1S/C7H2Cl3FO/c8-4-1-5(11)3(2-12)6(9)7(4)10/h1-2H. The number of aldehydes is 1. The molecule has 0 aliphatic carbocycles. The molecule has 12 heavy (non-hydrogen) atoms. The van der Waals surface area contributed by atoms with Gasteiger partial charge in [-0.15, -0.1) is 0 Å². The molecule has 0 aliphatic heterocycles. The minimum Gasteiger partial charge on any atom is -0.298 e. The van der Waals surface area contributed by atoms with Crippen LogP contribution in [-0.2, 0) is 0 Å². The molecule has 1 aromatic rings. The predicted molar refractivity (Wildman–Crippen MR) is 46.8 cm³/mol. The Hall–Kier alpha value is -0.310. The molecule has 0 saturated carbocycles. The Bertz CT molecular complexity index is 338. The number of rotatable bonds is 1. The molecule has 0 N–H and O–H groups in total. The molecule has 0 bridgehead atoms. The molecule has 1 rings (SSSR count). The number of benzene rings is 1. The second kappa shape index (κ2) is 3.60. The molecule has 0 amide bonds. The highest BCUT2D eigenvalue weighted by molar-refractivity contribution is 6.48. The maximum atomic E-state index is 12.8. The van der Waals surface area contributed by atoms with Gasteiger partial charge in [0.15, 0.2) is 6.29 Å². The van der Waals surface area contributed by atoms with Crippen molar-refractivity contribution in [1.82, 2.24) is 0 Å². The molecule has 1 nitrogen and oxygen atoms in total. The first-order valence-corrected chi connectivity index (χ1v) is 3.99. The lowest BCUT2D eigenvalue weighted by atomic mass is 10.2. The Labute approximate surface area is 83.0 Å². The predicted octanol–water partition coefficient (Wildman–Crippen LogP) is 3.60. The second-order valence-corrected chi connectivity index (χ2v) is 3.16. The van der Waals surface area contributed by atoms with Gasteiger partial charge in [-0.2, -0.15) is 0 Å². The van der Waals surface area contributed by atoms with Gasteiger partial charge in [-0.25, -0.2) is 4.39 Å². The third-order valence-corrected chi connectivity index (χ3v) is 2.54. The lowest BCUT2D eigenvalue weighted by molar-refractivity contribution is 0.112. The van der Waals surface area contributed by atoms with Gasteiger partial charge in [0, 0.05) is 0 Å². The summed E-state index contributed by atoms with van der Waals surface area (Å²) in [5.74, 6) is -0.774. The van der Waals surface area contributed by atoms with Gasteiger partial charge < -0.3 is 0 Å². The summed E-state index contributed by atoms with van der Waals surface area (Å²) in [7, 11) is 0. The van der Waals surface area contributed by atoms with Crippen LogP contribution in [0, 0.1) is 5.82 Å². The summed E-state index contributed by atoms with van der Waals surface area (Å²) in [4.78, 5) is 10.3. The van der Waals surface area contributed by atoms with Gasteiger partial charge in [0.25, 0.3) is 0 Å². The van der Waals surface area contributed by atoms with Crippen molar-refractivity contribution in [3.63, 3.8) is 0 Å². The van der Waals surface area contributed by atoms with Crippen molar-refractivity contribution < 1.29 is 9.18 Å². The van der Waals surface area contributed by atoms with Crippen LogP contribution < -0.4 is 0 Å². The Kier molecular flexibility index (Phi) is 2.94. The fourth-order valence-corrected chi connectivity index (χ4v) is 1.32. The van der Waals surface area contributed by atoms with E-state index in [2.05, 4.69) is 0 Å². The van der Waals surface area contributed by atoms with Gasteiger partial charge >= 0.3 is 0 Å². The van der Waals surface area contributed by atoms with Gasteiger partial charge in [0.05, 0.1) is 20.6 Å². The zero-order valence-corrected chi connectivity index (χ0v) is 7.84. The van der Waals surface area contributed by atoms with Crippen LogP contribution in [0.15, 0.2) is 6.07 Å². The van der Waals surface area contributed by atoms with Crippen LogP contribution in [0.5, 0.6) is 0 Å². The lowest BCUT2D eigenvalue weighted by Crippen LogP contribution is -1.90. The summed E-state index contributed by atoms with van der Waals surface area (Å²) in [6, 6.07) is 0.944. The highest BCUT2D eigenvalue weighted by Crippen LogP contribution is 2.33. The Morgan fingerprint density at radius 1 is 1.25 bits per heavy atom. The summed E-state index contributed by atoms with van der Waals surface area (Å²) in [6.45, 7) is 0. The van der Waals surface area contributed by atoms with E-state index < -0.39 is 5.82 Å². The maximum Gasteiger partial charge on any atom is 0.154 e. The van der Waals surface area contributed by atoms with Gasteiger partial charge in [-0.05, 0) is 6.07 Å². The topological polar surface area (TPSA) is 17.1 Å². The van der Waals surface area contributed by atoms with Gasteiger partial charge in [-0.1, -0.05) is 34.8 Å². The van der Waals surface area contributed by atoms with E-state index in [0.29, 0.717) is 6.29 Å². The normalized spacial score (nSPS) is 10.0. The Morgan fingerprint density at radius 3 is 2.33 bits per heavy atom. The first-order chi connectivity index (χ1) is 5.57. The first-order valence-electron chi connectivity index (χ1n) is 2.86. The molecule has 0 unspecified atom stereocenters. The molecule has 64 valence electrons. The van der Waals surface area contributed by atoms with E-state index in [-0.39, 0.29) is 20.6 Å². The van der Waals surface area contributed by atoms with Gasteiger partial charge in [0.1, 0.15) is 5.82 Å². The van der Waals surface area contributed by atoms with E-state index in [9.17, 15) is 9.18 Å². The molecule has 1 aromatic carbocycles. The molecule has 0 radical (unpaired) electrons. The van der Waals surface area contributed by atoms with Crippen LogP contribution in [0.4, 0.5) is 4.39 Å². The van der Waals surface area contributed by atoms with E-state index in [1.807, 2.05) is 0 Å². The zero-order valence-electron chi connectivity index (χ0n) is 5.57. The van der Waals surface area contributed by atoms with E-state index in [4.69, 9.17) is 34.8 Å². The highest BCUT2D eigenvalue weighted by Gasteiger charge is 2.13. The summed E-state index contributed by atoms with van der Waals surface area (Å²) in [5.41, 5.74) is -0.272. The SMILES string of the molecule is O=Cc1c(F)cc(Cl)c(Cl)c1Cl. The molecule has 0 fully saturated rings. The van der Waals surface area contributed by atoms with Crippen LogP contribution in [-0.4, -0.2) is 6.29 Å². The minimum atomic E-state index is -0.774. The molecular formula is C7H2Cl3FO. The monoisotopic (exact) mass is 226 g/mol. The van der Waals surface area contributed by atoms with Crippen molar-refractivity contribution >= 4 is 41.1 Å². The zero-order chi connectivity index (χ0) is 9.30. The van der Waals surface area contributed by atoms with Gasteiger partial charge in [-0.3, -0.25) is 4.79 Å². The average Bonchev–Trinajstić information content (AvgIpc) is 2.01. The molecule has 0 aliphatic rings. The summed E-state index contributed by atoms with van der Waals surface area (Å²) in [6.07, 6.45) is 0.292. The van der Waals surface area contributed by atoms with Crippen LogP contribution in [0.2, 0.25) is 15.1 Å².